The Labute approximate surface area is 110 Å². The van der Waals surface area contributed by atoms with Crippen LogP contribution < -0.4 is 10.6 Å². The molecule has 2 heteroatoms. The van der Waals surface area contributed by atoms with Crippen LogP contribution in [0.3, 0.4) is 0 Å². The predicted molar refractivity (Wildman–Crippen MR) is 76.9 cm³/mol. The number of nitrogens with two attached hydrogens (primary N) is 1. The van der Waals surface area contributed by atoms with Gasteiger partial charge in [-0.1, -0.05) is 24.6 Å². The average Bonchev–Trinajstić information content (AvgIpc) is 2.65. The van der Waals surface area contributed by atoms with Gasteiger partial charge in [-0.3, -0.25) is 0 Å². The largest absolute Gasteiger partial charge is 0.368 e. The lowest BCUT2D eigenvalue weighted by Crippen LogP contribution is -2.41. The van der Waals surface area contributed by atoms with Gasteiger partial charge in [-0.25, -0.2) is 0 Å². The number of nitrogens with zero attached hydrogens (tertiary/aromatic N) is 1. The van der Waals surface area contributed by atoms with Gasteiger partial charge in [0.05, 0.1) is 0 Å². The van der Waals surface area contributed by atoms with Crippen molar-refractivity contribution >= 4 is 5.69 Å². The molecule has 0 spiro atoms. The Morgan fingerprint density at radius 3 is 2.78 bits per heavy atom. The van der Waals surface area contributed by atoms with Gasteiger partial charge < -0.3 is 10.6 Å². The standard InChI is InChI=1S/C16H24N2/c1-13-11-14-5-2-3-6-15(14)18(13)10-9-16(12-17)7-4-8-16/h2-3,5-6,13H,4,7-12,17H2,1H3. The molecule has 1 atom stereocenters. The normalized spacial score (nSPS) is 24.8. The summed E-state index contributed by atoms with van der Waals surface area (Å²) < 4.78 is 0. The molecule has 2 nitrogen and oxygen atoms in total. The molecule has 18 heavy (non-hydrogen) atoms. The number of anilines is 1. The SMILES string of the molecule is CC1Cc2ccccc2N1CCC1(CN)CCC1. The number of para-hydroxylation sites is 1. The Balaban J connectivity index is 1.69. The molecule has 0 saturated heterocycles. The monoisotopic (exact) mass is 244 g/mol. The van der Waals surface area contributed by atoms with Crippen LogP contribution in [0.4, 0.5) is 5.69 Å². The third kappa shape index (κ3) is 1.93. The van der Waals surface area contributed by atoms with Crippen LogP contribution in [0.5, 0.6) is 0 Å². The highest BCUT2D eigenvalue weighted by atomic mass is 15.2. The molecule has 0 amide bonds. The molecule has 1 saturated carbocycles. The van der Waals surface area contributed by atoms with E-state index in [1.165, 1.54) is 49.9 Å². The van der Waals surface area contributed by atoms with Crippen LogP contribution in [0.1, 0.15) is 38.2 Å². The second kappa shape index (κ2) is 4.58. The van der Waals surface area contributed by atoms with Crippen molar-refractivity contribution in [2.75, 3.05) is 18.0 Å². The maximum absolute atomic E-state index is 5.96. The zero-order chi connectivity index (χ0) is 12.6. The van der Waals surface area contributed by atoms with Crippen molar-refractivity contribution in [1.29, 1.82) is 0 Å². The molecule has 0 aromatic heterocycles. The smallest absolute Gasteiger partial charge is 0.0402 e. The van der Waals surface area contributed by atoms with Crippen LogP contribution in [0, 0.1) is 5.41 Å². The number of hydrogen-bond acceptors (Lipinski definition) is 2. The average molecular weight is 244 g/mol. The Hall–Kier alpha value is -1.02. The van der Waals surface area contributed by atoms with E-state index in [-0.39, 0.29) is 0 Å². The van der Waals surface area contributed by atoms with Crippen LogP contribution in [-0.2, 0) is 6.42 Å². The van der Waals surface area contributed by atoms with Crippen LogP contribution in [-0.4, -0.2) is 19.1 Å². The molecule has 2 N–H and O–H groups in total. The molecule has 1 fully saturated rings. The third-order valence-corrected chi connectivity index (χ3v) is 5.08. The second-order valence-electron chi connectivity index (χ2n) is 6.18. The van der Waals surface area contributed by atoms with E-state index in [0.29, 0.717) is 11.5 Å². The fourth-order valence-electron chi connectivity index (χ4n) is 3.56. The summed E-state index contributed by atoms with van der Waals surface area (Å²) in [4.78, 5) is 2.59. The van der Waals surface area contributed by atoms with Crippen molar-refractivity contribution in [2.24, 2.45) is 11.1 Å². The highest BCUT2D eigenvalue weighted by Gasteiger charge is 2.36. The summed E-state index contributed by atoms with van der Waals surface area (Å²) in [6.07, 6.45) is 6.53. The third-order valence-electron chi connectivity index (χ3n) is 5.08. The van der Waals surface area contributed by atoms with E-state index in [9.17, 15) is 0 Å². The molecule has 98 valence electrons. The first-order chi connectivity index (χ1) is 8.74. The van der Waals surface area contributed by atoms with Crippen molar-refractivity contribution in [3.63, 3.8) is 0 Å². The number of rotatable bonds is 4. The quantitative estimate of drug-likeness (QED) is 0.882. The van der Waals surface area contributed by atoms with Crippen molar-refractivity contribution in [1.82, 2.24) is 0 Å². The fraction of sp³-hybridized carbons (Fsp3) is 0.625. The maximum atomic E-state index is 5.96. The summed E-state index contributed by atoms with van der Waals surface area (Å²) >= 11 is 0. The van der Waals surface area contributed by atoms with Gasteiger partial charge in [0, 0.05) is 18.3 Å². The molecule has 0 bridgehead atoms. The molecule has 1 aromatic rings. The van der Waals surface area contributed by atoms with Crippen molar-refractivity contribution < 1.29 is 0 Å². The van der Waals surface area contributed by atoms with E-state index in [1.54, 1.807) is 0 Å². The van der Waals surface area contributed by atoms with Crippen LogP contribution >= 0.6 is 0 Å². The molecule has 1 aliphatic carbocycles. The van der Waals surface area contributed by atoms with Gasteiger partial charge >= 0.3 is 0 Å². The molecular weight excluding hydrogens is 220 g/mol. The first kappa shape index (κ1) is 12.0. The highest BCUT2D eigenvalue weighted by molar-refractivity contribution is 5.59. The first-order valence-corrected chi connectivity index (χ1v) is 7.29. The van der Waals surface area contributed by atoms with E-state index >= 15 is 0 Å². The first-order valence-electron chi connectivity index (χ1n) is 7.29. The lowest BCUT2D eigenvalue weighted by molar-refractivity contribution is 0.133. The summed E-state index contributed by atoms with van der Waals surface area (Å²) in [5.41, 5.74) is 9.40. The number of hydrogen-bond donors (Lipinski definition) is 1. The van der Waals surface area contributed by atoms with Crippen LogP contribution in [0.2, 0.25) is 0 Å². The van der Waals surface area contributed by atoms with E-state index < -0.39 is 0 Å². The molecule has 3 rings (SSSR count). The summed E-state index contributed by atoms with van der Waals surface area (Å²) in [6, 6.07) is 9.51. The Kier molecular flexibility index (Phi) is 3.06. The minimum absolute atomic E-state index is 0.469. The maximum Gasteiger partial charge on any atom is 0.0402 e. The van der Waals surface area contributed by atoms with Gasteiger partial charge in [0.25, 0.3) is 0 Å². The van der Waals surface area contributed by atoms with Gasteiger partial charge in [-0.2, -0.15) is 0 Å². The van der Waals surface area contributed by atoms with Crippen molar-refractivity contribution in [2.45, 2.75) is 45.1 Å². The van der Waals surface area contributed by atoms with Crippen LogP contribution in [0.15, 0.2) is 24.3 Å². The molecule has 1 unspecified atom stereocenters. The zero-order valence-electron chi connectivity index (χ0n) is 11.4. The van der Waals surface area contributed by atoms with Crippen LogP contribution in [0.25, 0.3) is 0 Å². The van der Waals surface area contributed by atoms with Gasteiger partial charge in [0.2, 0.25) is 0 Å². The lowest BCUT2D eigenvalue weighted by atomic mass is 9.66. The van der Waals surface area contributed by atoms with E-state index in [1.807, 2.05) is 0 Å². The minimum atomic E-state index is 0.469. The molecule has 1 heterocycles. The zero-order valence-corrected chi connectivity index (χ0v) is 11.4. The van der Waals surface area contributed by atoms with E-state index in [4.69, 9.17) is 5.73 Å². The molecule has 1 aliphatic heterocycles. The van der Waals surface area contributed by atoms with Gasteiger partial charge in [-0.05, 0) is 56.2 Å². The minimum Gasteiger partial charge on any atom is -0.368 e. The fourth-order valence-corrected chi connectivity index (χ4v) is 3.56. The Morgan fingerprint density at radius 2 is 2.11 bits per heavy atom. The molecule has 0 radical (unpaired) electrons. The van der Waals surface area contributed by atoms with Crippen molar-refractivity contribution in [3.05, 3.63) is 29.8 Å². The topological polar surface area (TPSA) is 29.3 Å². The Bertz CT molecular complexity index is 417. The summed E-state index contributed by atoms with van der Waals surface area (Å²) in [7, 11) is 0. The van der Waals surface area contributed by atoms with Gasteiger partial charge in [0.15, 0.2) is 0 Å². The summed E-state index contributed by atoms with van der Waals surface area (Å²) in [5, 5.41) is 0. The van der Waals surface area contributed by atoms with Gasteiger partial charge in [-0.15, -0.1) is 0 Å². The Morgan fingerprint density at radius 1 is 1.33 bits per heavy atom. The summed E-state index contributed by atoms with van der Waals surface area (Å²) in [6.45, 7) is 4.39. The van der Waals surface area contributed by atoms with Crippen molar-refractivity contribution in [3.8, 4) is 0 Å². The molecular formula is C16H24N2. The predicted octanol–water partition coefficient (Wildman–Crippen LogP) is 2.96. The highest BCUT2D eigenvalue weighted by Crippen LogP contribution is 2.44. The van der Waals surface area contributed by atoms with Gasteiger partial charge in [0.1, 0.15) is 0 Å². The number of fused-ring (bicyclic) bond motifs is 1. The molecule has 2 aliphatic rings. The molecule has 1 aromatic carbocycles. The second-order valence-corrected chi connectivity index (χ2v) is 6.18. The van der Waals surface area contributed by atoms with E-state index in [0.717, 1.165) is 6.54 Å². The summed E-state index contributed by atoms with van der Waals surface area (Å²) in [5.74, 6) is 0. The van der Waals surface area contributed by atoms with E-state index in [2.05, 4.69) is 36.1 Å². The number of benzene rings is 1. The lowest BCUT2D eigenvalue weighted by Gasteiger charge is -2.42.